The number of nitrogens with one attached hydrogen (secondary N) is 1. The van der Waals surface area contributed by atoms with Gasteiger partial charge in [-0.3, -0.25) is 9.11 Å². The van der Waals surface area contributed by atoms with Gasteiger partial charge in [0.15, 0.2) is 0 Å². The minimum absolute atomic E-state index is 0.322. The molecule has 0 saturated carbocycles. The van der Waals surface area contributed by atoms with Gasteiger partial charge in [-0.15, -0.1) is 10.8 Å². The van der Waals surface area contributed by atoms with E-state index in [2.05, 4.69) is 4.72 Å². The fraction of sp³-hybridized carbons (Fsp3) is 1.00. The number of hydrogen-bond acceptors (Lipinski definition) is 3. The summed E-state index contributed by atoms with van der Waals surface area (Å²) in [7, 11) is -0.915. The van der Waals surface area contributed by atoms with Crippen LogP contribution in [0.25, 0.3) is 0 Å². The first-order chi connectivity index (χ1) is 3.98. The van der Waals surface area contributed by atoms with Crippen LogP contribution >= 0.6 is 10.8 Å². The van der Waals surface area contributed by atoms with Crippen LogP contribution in [0.5, 0.6) is 0 Å². The monoisotopic (exact) mass is 153 g/mol. The molecule has 9 heavy (non-hydrogen) atoms. The van der Waals surface area contributed by atoms with Crippen LogP contribution in [0, 0.1) is 5.92 Å². The fourth-order valence-corrected chi connectivity index (χ4v) is 1.64. The lowest BCUT2D eigenvalue weighted by Gasteiger charge is -2.32. The van der Waals surface area contributed by atoms with Crippen molar-refractivity contribution in [3.05, 3.63) is 0 Å². The third-order valence-corrected chi connectivity index (χ3v) is 2.68. The van der Waals surface area contributed by atoms with Gasteiger partial charge in [-0.2, -0.15) is 0 Å². The largest absolute Gasteiger partial charge is 0.286 e. The van der Waals surface area contributed by atoms with Gasteiger partial charge in [0.2, 0.25) is 0 Å². The molecule has 0 aromatic rings. The van der Waals surface area contributed by atoms with Gasteiger partial charge in [0, 0.05) is 7.05 Å². The molecule has 4 heteroatoms. The van der Waals surface area contributed by atoms with Crippen LogP contribution in [-0.4, -0.2) is 21.9 Å². The first-order valence-corrected chi connectivity index (χ1v) is 4.64. The van der Waals surface area contributed by atoms with Crippen LogP contribution in [0.4, 0.5) is 0 Å². The molecule has 0 aliphatic carbocycles. The summed E-state index contributed by atoms with van der Waals surface area (Å²) < 4.78 is 20.5. The highest BCUT2D eigenvalue weighted by Gasteiger charge is 2.09. The summed E-state index contributed by atoms with van der Waals surface area (Å²) in [6.45, 7) is 3.90. The predicted octanol–water partition coefficient (Wildman–Crippen LogP) is 1.53. The summed E-state index contributed by atoms with van der Waals surface area (Å²) in [5.74, 6) is 0.756. The molecule has 0 amide bonds. The highest BCUT2D eigenvalue weighted by molar-refractivity contribution is 8.22. The molecule has 0 fully saturated rings. The molecule has 0 radical (unpaired) electrons. The Bertz CT molecular complexity index is 85.0. The summed E-state index contributed by atoms with van der Waals surface area (Å²) in [5, 5.41) is 0. The Hall–Kier alpha value is 0.230. The van der Waals surface area contributed by atoms with E-state index in [0.29, 0.717) is 11.7 Å². The molecule has 3 N–H and O–H groups in total. The van der Waals surface area contributed by atoms with Crippen LogP contribution < -0.4 is 4.72 Å². The smallest absolute Gasteiger partial charge is 0.0551 e. The minimum atomic E-state index is -2.47. The van der Waals surface area contributed by atoms with Crippen LogP contribution in [0.3, 0.4) is 0 Å². The molecule has 0 rings (SSSR count). The molecule has 0 aliphatic heterocycles. The van der Waals surface area contributed by atoms with E-state index in [4.69, 9.17) is 9.11 Å². The molecule has 0 aliphatic rings. The Morgan fingerprint density at radius 1 is 1.44 bits per heavy atom. The molecular weight excluding hydrogens is 138 g/mol. The van der Waals surface area contributed by atoms with E-state index >= 15 is 0 Å². The molecule has 0 bridgehead atoms. The van der Waals surface area contributed by atoms with Gasteiger partial charge in [0.25, 0.3) is 0 Å². The number of hydrogen-bond donors (Lipinski definition) is 3. The first kappa shape index (κ1) is 9.23. The summed E-state index contributed by atoms with van der Waals surface area (Å²) in [5.41, 5.74) is 0. The van der Waals surface area contributed by atoms with Crippen molar-refractivity contribution in [2.75, 3.05) is 12.8 Å². The summed E-state index contributed by atoms with van der Waals surface area (Å²) in [4.78, 5) is 0. The third kappa shape index (κ3) is 4.72. The minimum Gasteiger partial charge on any atom is -0.286 e. The quantitative estimate of drug-likeness (QED) is 0.576. The van der Waals surface area contributed by atoms with Crippen molar-refractivity contribution < 1.29 is 9.11 Å². The van der Waals surface area contributed by atoms with E-state index in [0.717, 1.165) is 0 Å². The Morgan fingerprint density at radius 2 is 1.89 bits per heavy atom. The molecule has 0 saturated heterocycles. The third-order valence-electron chi connectivity index (χ3n) is 0.893. The second-order valence-electron chi connectivity index (χ2n) is 2.43. The van der Waals surface area contributed by atoms with Crippen LogP contribution in [0.1, 0.15) is 13.8 Å². The zero-order chi connectivity index (χ0) is 7.49. The fourth-order valence-electron chi connectivity index (χ4n) is 0.548. The van der Waals surface area contributed by atoms with Crippen LogP contribution in [0.2, 0.25) is 0 Å². The van der Waals surface area contributed by atoms with Crippen LogP contribution in [0.15, 0.2) is 0 Å². The lowest BCUT2D eigenvalue weighted by Crippen LogP contribution is -2.20. The molecule has 58 valence electrons. The Labute approximate surface area is 57.9 Å². The van der Waals surface area contributed by atoms with Crippen molar-refractivity contribution in [1.82, 2.24) is 4.72 Å². The molecule has 0 aromatic carbocycles. The van der Waals surface area contributed by atoms with Crippen molar-refractivity contribution in [3.63, 3.8) is 0 Å². The Morgan fingerprint density at radius 3 is 2.00 bits per heavy atom. The molecule has 3 nitrogen and oxygen atoms in total. The van der Waals surface area contributed by atoms with Gasteiger partial charge in [0.05, 0.1) is 5.75 Å². The average Bonchev–Trinajstić information content (AvgIpc) is 1.63. The van der Waals surface area contributed by atoms with Crippen molar-refractivity contribution in [1.29, 1.82) is 0 Å². The van der Waals surface area contributed by atoms with E-state index < -0.39 is 10.8 Å². The highest BCUT2D eigenvalue weighted by Crippen LogP contribution is 2.34. The molecular formula is C5H15NO2S. The van der Waals surface area contributed by atoms with Gasteiger partial charge in [0.1, 0.15) is 0 Å². The molecule has 0 atom stereocenters. The molecule has 0 unspecified atom stereocenters. The lowest BCUT2D eigenvalue weighted by atomic mass is 10.3. The summed E-state index contributed by atoms with van der Waals surface area (Å²) in [6.07, 6.45) is 0. The maximum atomic E-state index is 9.02. The Kier molecular flexibility index (Phi) is 3.50. The average molecular weight is 153 g/mol. The number of rotatable bonds is 3. The normalized spacial score (nSPS) is 14.4. The van der Waals surface area contributed by atoms with Crippen molar-refractivity contribution in [2.45, 2.75) is 13.8 Å². The topological polar surface area (TPSA) is 52.5 Å². The Balaban J connectivity index is 3.58. The summed E-state index contributed by atoms with van der Waals surface area (Å²) >= 11 is 0. The first-order valence-electron chi connectivity index (χ1n) is 2.92. The predicted molar refractivity (Wildman–Crippen MR) is 41.6 cm³/mol. The van der Waals surface area contributed by atoms with Gasteiger partial charge < -0.3 is 0 Å². The maximum Gasteiger partial charge on any atom is 0.0551 e. The second-order valence-corrected chi connectivity index (χ2v) is 4.51. The van der Waals surface area contributed by atoms with Crippen molar-refractivity contribution in [2.24, 2.45) is 5.92 Å². The highest BCUT2D eigenvalue weighted by atomic mass is 32.3. The lowest BCUT2D eigenvalue weighted by molar-refractivity contribution is 0.466. The summed E-state index contributed by atoms with van der Waals surface area (Å²) in [6, 6.07) is 0. The maximum absolute atomic E-state index is 9.02. The van der Waals surface area contributed by atoms with Gasteiger partial charge in [-0.05, 0) is 5.92 Å². The molecule has 0 spiro atoms. The zero-order valence-corrected chi connectivity index (χ0v) is 6.90. The zero-order valence-electron chi connectivity index (χ0n) is 6.09. The standard InChI is InChI=1S/C5H15NO2S/c1-5(2)4-9(7,8)6-3/h5-8H,4H2,1-3H3. The van der Waals surface area contributed by atoms with Gasteiger partial charge >= 0.3 is 0 Å². The van der Waals surface area contributed by atoms with Crippen LogP contribution in [-0.2, 0) is 0 Å². The second kappa shape index (κ2) is 3.41. The van der Waals surface area contributed by atoms with E-state index in [1.54, 1.807) is 7.05 Å². The van der Waals surface area contributed by atoms with E-state index in [1.807, 2.05) is 13.8 Å². The van der Waals surface area contributed by atoms with Gasteiger partial charge in [-0.1, -0.05) is 13.8 Å². The van der Waals surface area contributed by atoms with Crippen molar-refractivity contribution >= 4 is 10.8 Å². The van der Waals surface area contributed by atoms with E-state index in [9.17, 15) is 0 Å². The molecule has 0 aromatic heterocycles. The van der Waals surface area contributed by atoms with Crippen molar-refractivity contribution in [3.8, 4) is 0 Å². The van der Waals surface area contributed by atoms with E-state index in [-0.39, 0.29) is 0 Å². The molecule has 0 heterocycles. The van der Waals surface area contributed by atoms with E-state index in [1.165, 1.54) is 0 Å². The van der Waals surface area contributed by atoms with Gasteiger partial charge in [-0.25, -0.2) is 4.72 Å². The SMILES string of the molecule is CNS(O)(O)CC(C)C.